The maximum absolute atomic E-state index is 12.3. The van der Waals surface area contributed by atoms with Gasteiger partial charge in [0.2, 0.25) is 0 Å². The summed E-state index contributed by atoms with van der Waals surface area (Å²) in [6.45, 7) is 0. The molecule has 0 bridgehead atoms. The Morgan fingerprint density at radius 1 is 1.75 bits per heavy atom. The monoisotopic (exact) mass is 170 g/mol. The average molecular weight is 170 g/mol. The van der Waals surface area contributed by atoms with Crippen LogP contribution in [-0.2, 0) is 16.0 Å². The second-order valence-electron chi connectivity index (χ2n) is 2.07. The third-order valence-electron chi connectivity index (χ3n) is 1.24. The Labute approximate surface area is 68.4 Å². The van der Waals surface area contributed by atoms with E-state index in [1.54, 1.807) is 0 Å². The minimum Gasteiger partial charge on any atom is -0.469 e. The fourth-order valence-electron chi connectivity index (χ4n) is 0.688. The molecule has 0 aromatic carbocycles. The number of aromatic nitrogens is 2. The van der Waals surface area contributed by atoms with Gasteiger partial charge in [0.05, 0.1) is 19.2 Å². The highest BCUT2D eigenvalue weighted by molar-refractivity contribution is 5.71. The molecule has 0 spiro atoms. The van der Waals surface area contributed by atoms with Gasteiger partial charge in [-0.2, -0.15) is 4.39 Å². The van der Waals surface area contributed by atoms with Crippen molar-refractivity contribution in [1.82, 2.24) is 9.97 Å². The normalized spacial score (nSPS) is 9.50. The molecule has 64 valence electrons. The SMILES string of the molecule is COC(=O)Cc1ccnc(F)n1. The summed E-state index contributed by atoms with van der Waals surface area (Å²) in [7, 11) is 1.26. The van der Waals surface area contributed by atoms with Gasteiger partial charge in [-0.05, 0) is 6.07 Å². The van der Waals surface area contributed by atoms with Crippen molar-refractivity contribution in [1.29, 1.82) is 0 Å². The number of hydrogen-bond donors (Lipinski definition) is 0. The van der Waals surface area contributed by atoms with Crippen molar-refractivity contribution in [3.8, 4) is 0 Å². The highest BCUT2D eigenvalue weighted by Crippen LogP contribution is 1.96. The van der Waals surface area contributed by atoms with E-state index in [-0.39, 0.29) is 6.42 Å². The second kappa shape index (κ2) is 3.75. The quantitative estimate of drug-likeness (QED) is 0.474. The van der Waals surface area contributed by atoms with E-state index in [2.05, 4.69) is 14.7 Å². The van der Waals surface area contributed by atoms with Gasteiger partial charge < -0.3 is 4.74 Å². The molecule has 0 atom stereocenters. The number of hydrogen-bond acceptors (Lipinski definition) is 4. The van der Waals surface area contributed by atoms with E-state index in [9.17, 15) is 9.18 Å². The van der Waals surface area contributed by atoms with Crippen molar-refractivity contribution < 1.29 is 13.9 Å². The lowest BCUT2D eigenvalue weighted by molar-refractivity contribution is -0.139. The fraction of sp³-hybridized carbons (Fsp3) is 0.286. The Morgan fingerprint density at radius 3 is 3.08 bits per heavy atom. The number of rotatable bonds is 2. The highest BCUT2D eigenvalue weighted by atomic mass is 19.1. The summed E-state index contributed by atoms with van der Waals surface area (Å²) < 4.78 is 16.7. The summed E-state index contributed by atoms with van der Waals surface area (Å²) in [4.78, 5) is 17.3. The van der Waals surface area contributed by atoms with E-state index < -0.39 is 12.0 Å². The number of nitrogens with zero attached hydrogens (tertiary/aromatic N) is 2. The Kier molecular flexibility index (Phi) is 2.68. The second-order valence-corrected chi connectivity index (χ2v) is 2.07. The maximum atomic E-state index is 12.3. The highest BCUT2D eigenvalue weighted by Gasteiger charge is 2.04. The number of carbonyl (C=O) groups is 1. The third-order valence-corrected chi connectivity index (χ3v) is 1.24. The lowest BCUT2D eigenvalue weighted by atomic mass is 10.3. The first-order chi connectivity index (χ1) is 5.72. The van der Waals surface area contributed by atoms with Crippen LogP contribution < -0.4 is 0 Å². The molecule has 0 radical (unpaired) electrons. The molecule has 4 nitrogen and oxygen atoms in total. The molecule has 0 aliphatic rings. The molecule has 0 aliphatic heterocycles. The van der Waals surface area contributed by atoms with Gasteiger partial charge in [0.1, 0.15) is 0 Å². The number of carbonyl (C=O) groups excluding carboxylic acids is 1. The summed E-state index contributed by atoms with van der Waals surface area (Å²) >= 11 is 0. The molecule has 1 rings (SSSR count). The summed E-state index contributed by atoms with van der Waals surface area (Å²) in [5.74, 6) is -0.451. The van der Waals surface area contributed by atoms with Crippen LogP contribution in [0.5, 0.6) is 0 Å². The molecule has 1 aromatic rings. The number of methoxy groups -OCH3 is 1. The van der Waals surface area contributed by atoms with Gasteiger partial charge in [0, 0.05) is 6.20 Å². The zero-order valence-corrected chi connectivity index (χ0v) is 6.45. The van der Waals surface area contributed by atoms with E-state index in [0.29, 0.717) is 5.69 Å². The minimum absolute atomic E-state index is 0.0318. The van der Waals surface area contributed by atoms with Crippen LogP contribution in [0.2, 0.25) is 0 Å². The zero-order valence-electron chi connectivity index (χ0n) is 6.45. The molecular weight excluding hydrogens is 163 g/mol. The molecule has 0 saturated heterocycles. The van der Waals surface area contributed by atoms with E-state index in [0.717, 1.165) is 0 Å². The third kappa shape index (κ3) is 2.26. The topological polar surface area (TPSA) is 52.1 Å². The molecule has 0 fully saturated rings. The van der Waals surface area contributed by atoms with Crippen LogP contribution in [0.3, 0.4) is 0 Å². The summed E-state index contributed by atoms with van der Waals surface area (Å²) in [5.41, 5.74) is 0.314. The Bertz CT molecular complexity index is 290. The van der Waals surface area contributed by atoms with Crippen LogP contribution >= 0.6 is 0 Å². The molecule has 5 heteroatoms. The molecule has 0 saturated carbocycles. The molecule has 0 N–H and O–H groups in total. The number of halogens is 1. The van der Waals surface area contributed by atoms with Crippen molar-refractivity contribution in [3.05, 3.63) is 24.0 Å². The van der Waals surface area contributed by atoms with Gasteiger partial charge in [-0.15, -0.1) is 0 Å². The Hall–Kier alpha value is -1.52. The smallest absolute Gasteiger partial charge is 0.311 e. The van der Waals surface area contributed by atoms with E-state index >= 15 is 0 Å². The maximum Gasteiger partial charge on any atom is 0.311 e. The minimum atomic E-state index is -0.837. The van der Waals surface area contributed by atoms with Crippen LogP contribution in [0.25, 0.3) is 0 Å². The van der Waals surface area contributed by atoms with Crippen LogP contribution in [0.4, 0.5) is 4.39 Å². The average Bonchev–Trinajstić information content (AvgIpc) is 2.04. The van der Waals surface area contributed by atoms with Crippen molar-refractivity contribution >= 4 is 5.97 Å². The molecule has 0 amide bonds. The lowest BCUT2D eigenvalue weighted by Gasteiger charge is -1.97. The van der Waals surface area contributed by atoms with E-state index in [1.165, 1.54) is 19.4 Å². The molecular formula is C7H7FN2O2. The number of ether oxygens (including phenoxy) is 1. The summed E-state index contributed by atoms with van der Waals surface area (Å²) in [5, 5.41) is 0. The van der Waals surface area contributed by atoms with Crippen molar-refractivity contribution in [2.75, 3.05) is 7.11 Å². The largest absolute Gasteiger partial charge is 0.469 e. The zero-order chi connectivity index (χ0) is 8.97. The van der Waals surface area contributed by atoms with Gasteiger partial charge >= 0.3 is 12.0 Å². The molecule has 12 heavy (non-hydrogen) atoms. The van der Waals surface area contributed by atoms with Crippen molar-refractivity contribution in [2.45, 2.75) is 6.42 Å². The lowest BCUT2D eigenvalue weighted by Crippen LogP contribution is -2.07. The number of esters is 1. The van der Waals surface area contributed by atoms with Crippen molar-refractivity contribution in [2.24, 2.45) is 0 Å². The predicted molar refractivity (Wildman–Crippen MR) is 37.7 cm³/mol. The van der Waals surface area contributed by atoms with E-state index in [1.807, 2.05) is 0 Å². The first kappa shape index (κ1) is 8.58. The Balaban J connectivity index is 2.69. The van der Waals surface area contributed by atoms with Crippen LogP contribution in [-0.4, -0.2) is 23.0 Å². The first-order valence-electron chi connectivity index (χ1n) is 3.26. The van der Waals surface area contributed by atoms with Crippen LogP contribution in [0.1, 0.15) is 5.69 Å². The van der Waals surface area contributed by atoms with Gasteiger partial charge in [-0.25, -0.2) is 9.97 Å². The predicted octanol–water partition coefficient (Wildman–Crippen LogP) is 0.331. The van der Waals surface area contributed by atoms with Gasteiger partial charge in [-0.3, -0.25) is 4.79 Å². The van der Waals surface area contributed by atoms with Crippen LogP contribution in [0, 0.1) is 6.08 Å². The summed E-state index contributed by atoms with van der Waals surface area (Å²) in [6.07, 6.45) is 0.382. The summed E-state index contributed by atoms with van der Waals surface area (Å²) in [6, 6.07) is 1.46. The molecule has 0 unspecified atom stereocenters. The van der Waals surface area contributed by atoms with Gasteiger partial charge in [0.25, 0.3) is 0 Å². The fourth-order valence-corrected chi connectivity index (χ4v) is 0.688. The first-order valence-corrected chi connectivity index (χ1v) is 3.26. The van der Waals surface area contributed by atoms with Crippen molar-refractivity contribution in [3.63, 3.8) is 0 Å². The van der Waals surface area contributed by atoms with E-state index in [4.69, 9.17) is 0 Å². The standard InChI is InChI=1S/C7H7FN2O2/c1-12-6(11)4-5-2-3-9-7(8)10-5/h2-3H,4H2,1H3. The van der Waals surface area contributed by atoms with Gasteiger partial charge in [-0.1, -0.05) is 0 Å². The Morgan fingerprint density at radius 2 is 2.50 bits per heavy atom. The molecule has 1 heterocycles. The van der Waals surface area contributed by atoms with Crippen LogP contribution in [0.15, 0.2) is 12.3 Å². The van der Waals surface area contributed by atoms with Gasteiger partial charge in [0.15, 0.2) is 0 Å². The molecule has 1 aromatic heterocycles. The molecule has 0 aliphatic carbocycles.